The topological polar surface area (TPSA) is 38.0 Å². The summed E-state index contributed by atoms with van der Waals surface area (Å²) in [4.78, 5) is 0. The lowest BCUT2D eigenvalue weighted by Crippen LogP contribution is -2.00. The summed E-state index contributed by atoms with van der Waals surface area (Å²) in [6.07, 6.45) is 1.12. The van der Waals surface area contributed by atoms with Crippen molar-refractivity contribution in [2.45, 2.75) is 18.4 Å². The predicted octanol–water partition coefficient (Wildman–Crippen LogP) is 4.32. The highest BCUT2D eigenvalue weighted by Crippen LogP contribution is 2.39. The number of nitrogens with two attached hydrogens (primary N) is 1. The summed E-state index contributed by atoms with van der Waals surface area (Å²) in [7, 11) is 0. The Labute approximate surface area is 124 Å². The molecule has 2 aromatic carbocycles. The smallest absolute Gasteiger partial charge is 0.0407 e. The van der Waals surface area contributed by atoms with Gasteiger partial charge >= 0.3 is 0 Å². The highest BCUT2D eigenvalue weighted by molar-refractivity contribution is 6.30. The number of halogens is 2. The summed E-state index contributed by atoms with van der Waals surface area (Å²) in [5.41, 5.74) is 9.30. The minimum Gasteiger partial charge on any atom is -0.356 e. The molecule has 0 saturated heterocycles. The number of benzene rings is 2. The molecule has 1 saturated carbocycles. The third-order valence-corrected chi connectivity index (χ3v) is 3.56. The fourth-order valence-electron chi connectivity index (χ4n) is 2.11. The first-order valence-corrected chi connectivity index (χ1v) is 6.48. The normalized spacial score (nSPS) is 20.5. The standard InChI is InChI=1S/C15H15ClN2.ClH/c16-11-3-7-13(8-4-11)18-12-5-1-10(2-6-12)14-9-15(14)17;/h1-8,14-15,18H,9,17H2;1H/t14-,15+;/m0./s1. The Morgan fingerprint density at radius 1 is 0.947 bits per heavy atom. The maximum Gasteiger partial charge on any atom is 0.0407 e. The Morgan fingerprint density at radius 2 is 1.42 bits per heavy atom. The zero-order chi connectivity index (χ0) is 12.5. The highest BCUT2D eigenvalue weighted by atomic mass is 35.5. The fourth-order valence-corrected chi connectivity index (χ4v) is 2.24. The minimum atomic E-state index is 0. The zero-order valence-electron chi connectivity index (χ0n) is 10.3. The maximum absolute atomic E-state index is 5.85. The van der Waals surface area contributed by atoms with Crippen molar-refractivity contribution in [1.29, 1.82) is 0 Å². The second-order valence-corrected chi connectivity index (χ2v) is 5.20. The van der Waals surface area contributed by atoms with Gasteiger partial charge in [0.1, 0.15) is 0 Å². The van der Waals surface area contributed by atoms with Crippen molar-refractivity contribution in [2.75, 3.05) is 5.32 Å². The lowest BCUT2D eigenvalue weighted by Gasteiger charge is -2.07. The van der Waals surface area contributed by atoms with Crippen molar-refractivity contribution in [3.05, 3.63) is 59.1 Å². The zero-order valence-corrected chi connectivity index (χ0v) is 11.9. The first kappa shape index (κ1) is 14.2. The van der Waals surface area contributed by atoms with Gasteiger partial charge in [-0.3, -0.25) is 0 Å². The summed E-state index contributed by atoms with van der Waals surface area (Å²) in [6, 6.07) is 16.5. The van der Waals surface area contributed by atoms with Crippen molar-refractivity contribution < 1.29 is 0 Å². The van der Waals surface area contributed by atoms with Gasteiger partial charge in [0, 0.05) is 28.4 Å². The van der Waals surface area contributed by atoms with E-state index in [9.17, 15) is 0 Å². The van der Waals surface area contributed by atoms with E-state index in [1.165, 1.54) is 5.56 Å². The molecule has 0 amide bonds. The molecule has 3 rings (SSSR count). The molecule has 0 radical (unpaired) electrons. The van der Waals surface area contributed by atoms with Crippen LogP contribution in [0.4, 0.5) is 11.4 Å². The van der Waals surface area contributed by atoms with Gasteiger partial charge in [0.2, 0.25) is 0 Å². The summed E-state index contributed by atoms with van der Waals surface area (Å²) in [6.45, 7) is 0. The number of hydrogen-bond acceptors (Lipinski definition) is 2. The van der Waals surface area contributed by atoms with Crippen LogP contribution in [0.2, 0.25) is 5.02 Å². The lowest BCUT2D eigenvalue weighted by atomic mass is 10.1. The van der Waals surface area contributed by atoms with Gasteiger partial charge in [-0.25, -0.2) is 0 Å². The molecular weight excluding hydrogens is 279 g/mol. The van der Waals surface area contributed by atoms with E-state index in [1.807, 2.05) is 24.3 Å². The lowest BCUT2D eigenvalue weighted by molar-refractivity contribution is 0.991. The Kier molecular flexibility index (Phi) is 4.35. The quantitative estimate of drug-likeness (QED) is 0.885. The van der Waals surface area contributed by atoms with Crippen LogP contribution in [-0.4, -0.2) is 6.04 Å². The second-order valence-electron chi connectivity index (χ2n) is 4.76. The Hall–Kier alpha value is -1.22. The highest BCUT2D eigenvalue weighted by Gasteiger charge is 2.34. The van der Waals surface area contributed by atoms with Crippen LogP contribution in [0.5, 0.6) is 0 Å². The molecule has 19 heavy (non-hydrogen) atoms. The number of hydrogen-bond donors (Lipinski definition) is 2. The van der Waals surface area contributed by atoms with Gasteiger partial charge in [-0.1, -0.05) is 23.7 Å². The van der Waals surface area contributed by atoms with Crippen molar-refractivity contribution in [1.82, 2.24) is 0 Å². The van der Waals surface area contributed by atoms with Crippen LogP contribution in [0, 0.1) is 0 Å². The molecule has 0 bridgehead atoms. The van der Waals surface area contributed by atoms with Crippen molar-refractivity contribution in [3.63, 3.8) is 0 Å². The average Bonchev–Trinajstić information content (AvgIpc) is 3.10. The van der Waals surface area contributed by atoms with Gasteiger partial charge in [-0.2, -0.15) is 0 Å². The van der Waals surface area contributed by atoms with E-state index in [2.05, 4.69) is 29.6 Å². The van der Waals surface area contributed by atoms with E-state index in [0.717, 1.165) is 22.8 Å². The Bertz CT molecular complexity index is 537. The predicted molar refractivity (Wildman–Crippen MR) is 83.8 cm³/mol. The fraction of sp³-hybridized carbons (Fsp3) is 0.200. The summed E-state index contributed by atoms with van der Waals surface area (Å²) in [5.74, 6) is 0.564. The third-order valence-electron chi connectivity index (χ3n) is 3.31. The molecule has 0 aromatic heterocycles. The first-order chi connectivity index (χ1) is 8.72. The molecular formula is C15H16Cl2N2. The van der Waals surface area contributed by atoms with Gasteiger partial charge < -0.3 is 11.1 Å². The van der Waals surface area contributed by atoms with Crippen molar-refractivity contribution >= 4 is 35.4 Å². The summed E-state index contributed by atoms with van der Waals surface area (Å²) >= 11 is 5.85. The summed E-state index contributed by atoms with van der Waals surface area (Å²) < 4.78 is 0. The van der Waals surface area contributed by atoms with Gasteiger partial charge in [-0.15, -0.1) is 12.4 Å². The third kappa shape index (κ3) is 3.41. The van der Waals surface area contributed by atoms with Crippen LogP contribution in [0.15, 0.2) is 48.5 Å². The molecule has 100 valence electrons. The molecule has 1 fully saturated rings. The Morgan fingerprint density at radius 3 is 1.89 bits per heavy atom. The van der Waals surface area contributed by atoms with Crippen LogP contribution in [-0.2, 0) is 0 Å². The molecule has 2 nitrogen and oxygen atoms in total. The molecule has 0 spiro atoms. The molecule has 1 aliphatic carbocycles. The molecule has 2 aromatic rings. The van der Waals surface area contributed by atoms with Crippen LogP contribution in [0.25, 0.3) is 0 Å². The van der Waals surface area contributed by atoms with Gasteiger partial charge in [0.25, 0.3) is 0 Å². The molecule has 0 unspecified atom stereocenters. The maximum atomic E-state index is 5.85. The Balaban J connectivity index is 0.00000133. The van der Waals surface area contributed by atoms with E-state index < -0.39 is 0 Å². The molecule has 0 aliphatic heterocycles. The van der Waals surface area contributed by atoms with Crippen LogP contribution < -0.4 is 11.1 Å². The summed E-state index contributed by atoms with van der Waals surface area (Å²) in [5, 5.41) is 4.09. The van der Waals surface area contributed by atoms with Crippen molar-refractivity contribution in [3.8, 4) is 0 Å². The average molecular weight is 295 g/mol. The molecule has 3 N–H and O–H groups in total. The van der Waals surface area contributed by atoms with Crippen molar-refractivity contribution in [2.24, 2.45) is 5.73 Å². The van der Waals surface area contributed by atoms with Crippen LogP contribution in [0.1, 0.15) is 17.9 Å². The van der Waals surface area contributed by atoms with E-state index in [0.29, 0.717) is 12.0 Å². The van der Waals surface area contributed by atoms with Crippen LogP contribution in [0.3, 0.4) is 0 Å². The van der Waals surface area contributed by atoms with E-state index >= 15 is 0 Å². The number of nitrogens with one attached hydrogen (secondary N) is 1. The van der Waals surface area contributed by atoms with E-state index in [4.69, 9.17) is 17.3 Å². The molecule has 1 aliphatic rings. The van der Waals surface area contributed by atoms with Gasteiger partial charge in [0.05, 0.1) is 0 Å². The number of rotatable bonds is 3. The van der Waals surface area contributed by atoms with E-state index in [1.54, 1.807) is 0 Å². The SMILES string of the molecule is Cl.N[C@@H]1C[C@H]1c1ccc(Nc2ccc(Cl)cc2)cc1. The largest absolute Gasteiger partial charge is 0.356 e. The molecule has 2 atom stereocenters. The molecule has 4 heteroatoms. The minimum absolute atomic E-state index is 0. The van der Waals surface area contributed by atoms with Gasteiger partial charge in [0.15, 0.2) is 0 Å². The van der Waals surface area contributed by atoms with Crippen LogP contribution >= 0.6 is 24.0 Å². The monoisotopic (exact) mass is 294 g/mol. The van der Waals surface area contributed by atoms with Gasteiger partial charge in [-0.05, 0) is 48.4 Å². The number of anilines is 2. The molecule has 0 heterocycles. The first-order valence-electron chi connectivity index (χ1n) is 6.10. The second kappa shape index (κ2) is 5.83. The van der Waals surface area contributed by atoms with E-state index in [-0.39, 0.29) is 12.4 Å².